The molecule has 1 saturated heterocycles. The molecule has 1 aliphatic rings. The van der Waals surface area contributed by atoms with Crippen molar-refractivity contribution >= 4 is 14.0 Å². The normalized spacial score (nSPS) is 21.3. The maximum Gasteiger partial charge on any atom is 0.337 e. The van der Waals surface area contributed by atoms with Crippen molar-refractivity contribution in [3.63, 3.8) is 0 Å². The van der Waals surface area contributed by atoms with Crippen LogP contribution in [-0.2, 0) is 9.47 Å². The Labute approximate surface area is 114 Å². The summed E-state index contributed by atoms with van der Waals surface area (Å²) < 4.78 is 10.2. The molecule has 19 heavy (non-hydrogen) atoms. The number of ether oxygens (including phenoxy) is 2. The first-order valence-corrected chi connectivity index (χ1v) is 9.77. The molecule has 0 aliphatic carbocycles. The minimum Gasteiger partial charge on any atom is -0.465 e. The van der Waals surface area contributed by atoms with Crippen LogP contribution in [0.15, 0.2) is 24.3 Å². The SMILES string of the molecule is COC(=O)c1ccc([C@H]2O[C@@H]2C#C[Si](C)(C)C)cc1. The van der Waals surface area contributed by atoms with Crippen LogP contribution in [0.25, 0.3) is 0 Å². The zero-order chi connectivity index (χ0) is 14.0. The van der Waals surface area contributed by atoms with Crippen molar-refractivity contribution < 1.29 is 14.3 Å². The summed E-state index contributed by atoms with van der Waals surface area (Å²) in [4.78, 5) is 11.3. The molecule has 1 fully saturated rings. The van der Waals surface area contributed by atoms with E-state index in [2.05, 4.69) is 35.8 Å². The molecule has 0 amide bonds. The summed E-state index contributed by atoms with van der Waals surface area (Å²) in [5.41, 5.74) is 4.92. The van der Waals surface area contributed by atoms with Gasteiger partial charge >= 0.3 is 5.97 Å². The maximum absolute atomic E-state index is 11.3. The molecule has 2 rings (SSSR count). The highest BCUT2D eigenvalue weighted by atomic mass is 28.3. The number of benzene rings is 1. The number of methoxy groups -OCH3 is 1. The Hall–Kier alpha value is -1.57. The van der Waals surface area contributed by atoms with E-state index >= 15 is 0 Å². The van der Waals surface area contributed by atoms with Crippen molar-refractivity contribution in [2.24, 2.45) is 0 Å². The second kappa shape index (κ2) is 5.20. The molecule has 3 nitrogen and oxygen atoms in total. The molecular formula is C15H18O3Si. The first-order valence-electron chi connectivity index (χ1n) is 6.27. The lowest BCUT2D eigenvalue weighted by Gasteiger charge is -2.02. The Morgan fingerprint density at radius 3 is 2.42 bits per heavy atom. The topological polar surface area (TPSA) is 38.8 Å². The first-order chi connectivity index (χ1) is 8.90. The number of rotatable bonds is 2. The summed E-state index contributed by atoms with van der Waals surface area (Å²) in [7, 11) is 0.0356. The van der Waals surface area contributed by atoms with E-state index in [1.807, 2.05) is 12.1 Å². The lowest BCUT2D eigenvalue weighted by molar-refractivity contribution is 0.0600. The lowest BCUT2D eigenvalue weighted by atomic mass is 10.1. The van der Waals surface area contributed by atoms with Gasteiger partial charge in [-0.25, -0.2) is 4.79 Å². The zero-order valence-electron chi connectivity index (χ0n) is 11.7. The molecule has 0 aromatic heterocycles. The van der Waals surface area contributed by atoms with Crippen LogP contribution in [0.1, 0.15) is 22.0 Å². The van der Waals surface area contributed by atoms with E-state index in [9.17, 15) is 4.79 Å². The molecule has 1 aromatic rings. The van der Waals surface area contributed by atoms with E-state index in [1.165, 1.54) is 7.11 Å². The summed E-state index contributed by atoms with van der Waals surface area (Å²) >= 11 is 0. The van der Waals surface area contributed by atoms with Gasteiger partial charge in [0.15, 0.2) is 0 Å². The van der Waals surface area contributed by atoms with Crippen LogP contribution >= 0.6 is 0 Å². The molecule has 0 unspecified atom stereocenters. The van der Waals surface area contributed by atoms with Crippen molar-refractivity contribution in [1.29, 1.82) is 0 Å². The number of hydrogen-bond donors (Lipinski definition) is 0. The van der Waals surface area contributed by atoms with Gasteiger partial charge in [0.25, 0.3) is 0 Å². The molecule has 4 heteroatoms. The number of esters is 1. The largest absolute Gasteiger partial charge is 0.465 e. The van der Waals surface area contributed by atoms with E-state index in [1.54, 1.807) is 12.1 Å². The monoisotopic (exact) mass is 274 g/mol. The van der Waals surface area contributed by atoms with Gasteiger partial charge in [-0.1, -0.05) is 37.7 Å². The van der Waals surface area contributed by atoms with Crippen molar-refractivity contribution in [2.45, 2.75) is 31.8 Å². The highest BCUT2D eigenvalue weighted by molar-refractivity contribution is 6.83. The molecular weight excluding hydrogens is 256 g/mol. The van der Waals surface area contributed by atoms with Crippen molar-refractivity contribution in [2.75, 3.05) is 7.11 Å². The summed E-state index contributed by atoms with van der Waals surface area (Å²) in [5, 5.41) is 0. The summed E-state index contributed by atoms with van der Waals surface area (Å²) in [6, 6.07) is 7.30. The van der Waals surface area contributed by atoms with Gasteiger partial charge in [0.05, 0.1) is 12.7 Å². The number of carbonyl (C=O) groups is 1. The standard InChI is InChI=1S/C15H18O3Si/c1-17-15(16)12-7-5-11(6-8-12)14-13(18-14)9-10-19(2,3)4/h5-8,13-14H,1-4H3/t13-,14-/m1/s1. The molecule has 0 saturated carbocycles. The van der Waals surface area contributed by atoms with Crippen molar-refractivity contribution in [3.8, 4) is 11.5 Å². The highest BCUT2D eigenvalue weighted by Crippen LogP contribution is 2.38. The molecule has 0 radical (unpaired) electrons. The summed E-state index contributed by atoms with van der Waals surface area (Å²) in [6.45, 7) is 6.63. The summed E-state index contributed by atoms with van der Waals surface area (Å²) in [6.07, 6.45) is 0.0613. The number of carbonyl (C=O) groups excluding carboxylic acids is 1. The second-order valence-electron chi connectivity index (χ2n) is 5.61. The number of epoxide rings is 1. The lowest BCUT2D eigenvalue weighted by Crippen LogP contribution is -2.16. The van der Waals surface area contributed by atoms with Gasteiger partial charge in [-0.15, -0.1) is 5.54 Å². The maximum atomic E-state index is 11.3. The zero-order valence-corrected chi connectivity index (χ0v) is 12.7. The Morgan fingerprint density at radius 1 is 1.26 bits per heavy atom. The Morgan fingerprint density at radius 2 is 1.89 bits per heavy atom. The molecule has 100 valence electrons. The smallest absolute Gasteiger partial charge is 0.337 e. The van der Waals surface area contributed by atoms with Crippen molar-refractivity contribution in [1.82, 2.24) is 0 Å². The van der Waals surface area contributed by atoms with Gasteiger partial charge < -0.3 is 9.47 Å². The minimum atomic E-state index is -1.34. The molecule has 1 heterocycles. The third kappa shape index (κ3) is 3.69. The van der Waals surface area contributed by atoms with Gasteiger partial charge in [-0.05, 0) is 17.7 Å². The van der Waals surface area contributed by atoms with Crippen LogP contribution in [0, 0.1) is 11.5 Å². The average Bonchev–Trinajstić information content (AvgIpc) is 3.14. The van der Waals surface area contributed by atoms with E-state index in [0.29, 0.717) is 5.56 Å². The Balaban J connectivity index is 2.02. The Kier molecular flexibility index (Phi) is 3.79. The van der Waals surface area contributed by atoms with E-state index in [4.69, 9.17) is 4.74 Å². The van der Waals surface area contributed by atoms with E-state index < -0.39 is 8.07 Å². The predicted molar refractivity (Wildman–Crippen MR) is 76.5 cm³/mol. The van der Waals surface area contributed by atoms with Gasteiger partial charge in [-0.2, -0.15) is 0 Å². The quantitative estimate of drug-likeness (QED) is 0.360. The van der Waals surface area contributed by atoms with Crippen LogP contribution in [-0.4, -0.2) is 27.3 Å². The fourth-order valence-corrected chi connectivity index (χ4v) is 2.27. The van der Waals surface area contributed by atoms with Gasteiger partial charge in [0.1, 0.15) is 20.3 Å². The predicted octanol–water partition coefficient (Wildman–Crippen LogP) is 2.79. The van der Waals surface area contributed by atoms with E-state index in [0.717, 1.165) is 5.56 Å². The number of hydrogen-bond acceptors (Lipinski definition) is 3. The fraction of sp³-hybridized carbons (Fsp3) is 0.400. The van der Waals surface area contributed by atoms with Crippen LogP contribution in [0.2, 0.25) is 19.6 Å². The molecule has 0 bridgehead atoms. The average molecular weight is 274 g/mol. The third-order valence-electron chi connectivity index (χ3n) is 2.74. The Bertz CT molecular complexity index is 531. The van der Waals surface area contributed by atoms with Crippen molar-refractivity contribution in [3.05, 3.63) is 35.4 Å². The first kappa shape index (κ1) is 13.8. The minimum absolute atomic E-state index is 0.00991. The molecule has 1 aromatic carbocycles. The van der Waals surface area contributed by atoms with Gasteiger partial charge in [-0.3, -0.25) is 0 Å². The second-order valence-corrected chi connectivity index (χ2v) is 10.4. The van der Waals surface area contributed by atoms with Crippen LogP contribution in [0.5, 0.6) is 0 Å². The molecule has 1 aliphatic heterocycles. The van der Waals surface area contributed by atoms with Crippen LogP contribution < -0.4 is 0 Å². The summed E-state index contributed by atoms with van der Waals surface area (Å²) in [5.74, 6) is 2.87. The van der Waals surface area contributed by atoms with Crippen LogP contribution in [0.3, 0.4) is 0 Å². The van der Waals surface area contributed by atoms with Crippen LogP contribution in [0.4, 0.5) is 0 Å². The van der Waals surface area contributed by atoms with Gasteiger partial charge in [0.2, 0.25) is 0 Å². The van der Waals surface area contributed by atoms with Gasteiger partial charge in [0, 0.05) is 0 Å². The van der Waals surface area contributed by atoms with E-state index in [-0.39, 0.29) is 18.2 Å². The molecule has 2 atom stereocenters. The fourth-order valence-electron chi connectivity index (χ4n) is 1.69. The highest BCUT2D eigenvalue weighted by Gasteiger charge is 2.39. The third-order valence-corrected chi connectivity index (χ3v) is 3.64. The molecule has 0 spiro atoms. The molecule has 0 N–H and O–H groups in total.